The van der Waals surface area contributed by atoms with Crippen molar-refractivity contribution in [3.63, 3.8) is 0 Å². The number of nitrogens with one attached hydrogen (secondary N) is 1. The molecule has 1 N–H and O–H groups in total. The summed E-state index contributed by atoms with van der Waals surface area (Å²) in [6, 6.07) is 4.31. The predicted octanol–water partition coefficient (Wildman–Crippen LogP) is 3.37. The minimum absolute atomic E-state index is 0.0307. The van der Waals surface area contributed by atoms with Crippen molar-refractivity contribution in [1.82, 2.24) is 5.32 Å². The van der Waals surface area contributed by atoms with E-state index in [0.717, 1.165) is 6.42 Å². The highest BCUT2D eigenvalue weighted by atomic mass is 79.9. The number of amides is 1. The Morgan fingerprint density at radius 1 is 1.47 bits per heavy atom. The Labute approximate surface area is 121 Å². The van der Waals surface area contributed by atoms with E-state index in [4.69, 9.17) is 4.74 Å². The zero-order valence-electron chi connectivity index (χ0n) is 11.4. The average Bonchev–Trinajstić information content (AvgIpc) is 2.36. The third-order valence-electron chi connectivity index (χ3n) is 2.70. The van der Waals surface area contributed by atoms with Gasteiger partial charge in [0.05, 0.1) is 7.11 Å². The normalized spacial score (nSPS) is 12.3. The zero-order chi connectivity index (χ0) is 14.4. The van der Waals surface area contributed by atoms with Crippen LogP contribution in [0.1, 0.15) is 30.6 Å². The van der Waals surface area contributed by atoms with E-state index < -0.39 is 11.7 Å². The fourth-order valence-electron chi connectivity index (χ4n) is 1.88. The lowest BCUT2D eigenvalue weighted by Gasteiger charge is -2.19. The lowest BCUT2D eigenvalue weighted by atomic mass is 10.0. The molecule has 0 heterocycles. The van der Waals surface area contributed by atoms with Crippen LogP contribution in [0.2, 0.25) is 0 Å². The summed E-state index contributed by atoms with van der Waals surface area (Å²) in [7, 11) is 1.42. The Morgan fingerprint density at radius 2 is 2.16 bits per heavy atom. The van der Waals surface area contributed by atoms with Crippen LogP contribution >= 0.6 is 15.9 Å². The van der Waals surface area contributed by atoms with E-state index in [9.17, 15) is 9.18 Å². The smallest absolute Gasteiger partial charge is 0.258 e. The molecule has 0 aliphatic heterocycles. The van der Waals surface area contributed by atoms with Crippen LogP contribution in [-0.2, 0) is 0 Å². The Balaban J connectivity index is 2.88. The van der Waals surface area contributed by atoms with Crippen LogP contribution in [0.5, 0.6) is 5.75 Å². The number of carbonyl (C=O) groups is 1. The fraction of sp³-hybridized carbons (Fsp3) is 0.500. The first-order valence-electron chi connectivity index (χ1n) is 6.18. The molecule has 0 saturated heterocycles. The van der Waals surface area contributed by atoms with Crippen molar-refractivity contribution in [3.05, 3.63) is 29.6 Å². The molecule has 0 radical (unpaired) electrons. The molecule has 1 unspecified atom stereocenters. The van der Waals surface area contributed by atoms with Crippen LogP contribution < -0.4 is 10.1 Å². The van der Waals surface area contributed by atoms with E-state index in [1.807, 2.05) is 0 Å². The Hall–Kier alpha value is -1.10. The van der Waals surface area contributed by atoms with Crippen LogP contribution in [-0.4, -0.2) is 24.4 Å². The van der Waals surface area contributed by atoms with Crippen LogP contribution in [0.25, 0.3) is 0 Å². The summed E-state index contributed by atoms with van der Waals surface area (Å²) in [5, 5.41) is 3.46. The first-order valence-corrected chi connectivity index (χ1v) is 7.31. The van der Waals surface area contributed by atoms with Crippen molar-refractivity contribution in [3.8, 4) is 5.75 Å². The van der Waals surface area contributed by atoms with Crippen molar-refractivity contribution in [2.45, 2.75) is 26.3 Å². The number of carbonyl (C=O) groups excluding carboxylic acids is 1. The number of alkyl halides is 1. The fourth-order valence-corrected chi connectivity index (χ4v) is 2.31. The predicted molar refractivity (Wildman–Crippen MR) is 77.5 cm³/mol. The van der Waals surface area contributed by atoms with Gasteiger partial charge in [0.15, 0.2) is 0 Å². The van der Waals surface area contributed by atoms with Gasteiger partial charge in [-0.1, -0.05) is 35.8 Å². The topological polar surface area (TPSA) is 38.3 Å². The van der Waals surface area contributed by atoms with Gasteiger partial charge in [-0.05, 0) is 24.5 Å². The summed E-state index contributed by atoms with van der Waals surface area (Å²) in [4.78, 5) is 12.1. The van der Waals surface area contributed by atoms with Crippen molar-refractivity contribution in [1.29, 1.82) is 0 Å². The van der Waals surface area contributed by atoms with Gasteiger partial charge in [-0.3, -0.25) is 4.79 Å². The third-order valence-corrected chi connectivity index (χ3v) is 3.48. The quantitative estimate of drug-likeness (QED) is 0.811. The van der Waals surface area contributed by atoms with E-state index in [2.05, 4.69) is 35.1 Å². The second-order valence-electron chi connectivity index (χ2n) is 4.77. The van der Waals surface area contributed by atoms with Crippen molar-refractivity contribution in [2.75, 3.05) is 12.4 Å². The number of halogens is 2. The van der Waals surface area contributed by atoms with Gasteiger partial charge in [-0.2, -0.15) is 0 Å². The number of hydrogen-bond acceptors (Lipinski definition) is 2. The molecule has 0 fully saturated rings. The molecule has 19 heavy (non-hydrogen) atoms. The van der Waals surface area contributed by atoms with Gasteiger partial charge in [0.25, 0.3) is 5.91 Å². The monoisotopic (exact) mass is 331 g/mol. The molecule has 0 spiro atoms. The van der Waals surface area contributed by atoms with Gasteiger partial charge < -0.3 is 10.1 Å². The van der Waals surface area contributed by atoms with Crippen LogP contribution in [0.15, 0.2) is 18.2 Å². The molecule has 106 valence electrons. The van der Waals surface area contributed by atoms with Gasteiger partial charge in [0, 0.05) is 11.4 Å². The first-order chi connectivity index (χ1) is 8.99. The maximum absolute atomic E-state index is 13.8. The lowest BCUT2D eigenvalue weighted by molar-refractivity contribution is 0.0930. The Morgan fingerprint density at radius 3 is 2.68 bits per heavy atom. The SMILES string of the molecule is COc1cccc(F)c1C(=O)NC(CBr)CC(C)C. The van der Waals surface area contributed by atoms with Crippen molar-refractivity contribution < 1.29 is 13.9 Å². The van der Waals surface area contributed by atoms with Crippen LogP contribution in [0.4, 0.5) is 4.39 Å². The lowest BCUT2D eigenvalue weighted by Crippen LogP contribution is -2.37. The van der Waals surface area contributed by atoms with E-state index in [1.54, 1.807) is 6.07 Å². The molecular weight excluding hydrogens is 313 g/mol. The van der Waals surface area contributed by atoms with Crippen LogP contribution in [0, 0.1) is 11.7 Å². The molecule has 0 aliphatic rings. The zero-order valence-corrected chi connectivity index (χ0v) is 13.0. The second-order valence-corrected chi connectivity index (χ2v) is 5.42. The van der Waals surface area contributed by atoms with E-state index in [0.29, 0.717) is 11.2 Å². The molecule has 0 bridgehead atoms. The van der Waals surface area contributed by atoms with Gasteiger partial charge in [-0.15, -0.1) is 0 Å². The number of hydrogen-bond donors (Lipinski definition) is 1. The number of ether oxygens (including phenoxy) is 1. The van der Waals surface area contributed by atoms with E-state index >= 15 is 0 Å². The van der Waals surface area contributed by atoms with E-state index in [-0.39, 0.29) is 17.4 Å². The first kappa shape index (κ1) is 16.0. The molecular formula is C14H19BrFNO2. The largest absolute Gasteiger partial charge is 0.496 e. The molecule has 1 aromatic rings. The van der Waals surface area contributed by atoms with Crippen molar-refractivity contribution >= 4 is 21.8 Å². The minimum Gasteiger partial charge on any atom is -0.496 e. The summed E-state index contributed by atoms with van der Waals surface area (Å²) >= 11 is 3.36. The van der Waals surface area contributed by atoms with Gasteiger partial charge >= 0.3 is 0 Å². The van der Waals surface area contributed by atoms with Gasteiger partial charge in [-0.25, -0.2) is 4.39 Å². The highest BCUT2D eigenvalue weighted by Crippen LogP contribution is 2.21. The molecule has 0 aromatic heterocycles. The molecule has 0 saturated carbocycles. The van der Waals surface area contributed by atoms with Crippen LogP contribution in [0.3, 0.4) is 0 Å². The Kier molecular flexibility index (Phi) is 6.28. The second kappa shape index (κ2) is 7.48. The maximum atomic E-state index is 13.8. The Bertz CT molecular complexity index is 437. The third kappa shape index (κ3) is 4.49. The molecule has 3 nitrogen and oxygen atoms in total. The summed E-state index contributed by atoms with van der Waals surface area (Å²) in [5.74, 6) is -0.324. The standard InChI is InChI=1S/C14H19BrFNO2/c1-9(2)7-10(8-15)17-14(18)13-11(16)5-4-6-12(13)19-3/h4-6,9-10H,7-8H2,1-3H3,(H,17,18). The summed E-state index contributed by atoms with van der Waals surface area (Å²) in [5.41, 5.74) is -0.0419. The van der Waals surface area contributed by atoms with E-state index in [1.165, 1.54) is 19.2 Å². The number of methoxy groups -OCH3 is 1. The molecule has 1 amide bonds. The van der Waals surface area contributed by atoms with Gasteiger partial charge in [0.1, 0.15) is 17.1 Å². The van der Waals surface area contributed by atoms with Crippen molar-refractivity contribution in [2.24, 2.45) is 5.92 Å². The molecule has 1 aromatic carbocycles. The average molecular weight is 332 g/mol. The number of benzene rings is 1. The van der Waals surface area contributed by atoms with Gasteiger partial charge in [0.2, 0.25) is 0 Å². The summed E-state index contributed by atoms with van der Waals surface area (Å²) in [6.45, 7) is 4.15. The molecule has 5 heteroatoms. The minimum atomic E-state index is -0.574. The molecule has 1 rings (SSSR count). The highest BCUT2D eigenvalue weighted by molar-refractivity contribution is 9.09. The molecule has 1 atom stereocenters. The molecule has 0 aliphatic carbocycles. The number of rotatable bonds is 6. The summed E-state index contributed by atoms with van der Waals surface area (Å²) < 4.78 is 18.8. The highest BCUT2D eigenvalue weighted by Gasteiger charge is 2.20. The maximum Gasteiger partial charge on any atom is 0.258 e. The summed E-state index contributed by atoms with van der Waals surface area (Å²) in [6.07, 6.45) is 0.827.